The van der Waals surface area contributed by atoms with Gasteiger partial charge in [-0.3, -0.25) is 0 Å². The molecule has 6 heteroatoms. The minimum atomic E-state index is 0.244. The SMILES string of the molecule is Nc1nc2c3ccccc3nc(CCc3ccc(O)cc3)n2n1. The Morgan fingerprint density at radius 2 is 1.74 bits per heavy atom. The topological polar surface area (TPSA) is 89.3 Å². The van der Waals surface area contributed by atoms with Crippen LogP contribution in [0.3, 0.4) is 0 Å². The first-order chi connectivity index (χ1) is 11.2. The lowest BCUT2D eigenvalue weighted by atomic mass is 10.1. The molecular formula is C17H15N5O. The molecule has 0 atom stereocenters. The molecule has 0 aliphatic carbocycles. The monoisotopic (exact) mass is 305 g/mol. The second-order valence-electron chi connectivity index (χ2n) is 5.42. The Morgan fingerprint density at radius 3 is 2.57 bits per heavy atom. The van der Waals surface area contributed by atoms with E-state index in [-0.39, 0.29) is 11.7 Å². The predicted octanol–water partition coefficient (Wildman–Crippen LogP) is 2.35. The van der Waals surface area contributed by atoms with Crippen LogP contribution in [-0.4, -0.2) is 24.7 Å². The van der Waals surface area contributed by atoms with Crippen molar-refractivity contribution in [2.75, 3.05) is 5.73 Å². The predicted molar refractivity (Wildman–Crippen MR) is 88.2 cm³/mol. The summed E-state index contributed by atoms with van der Waals surface area (Å²) in [5.74, 6) is 1.33. The van der Waals surface area contributed by atoms with E-state index >= 15 is 0 Å². The number of para-hydroxylation sites is 1. The highest BCUT2D eigenvalue weighted by molar-refractivity contribution is 5.91. The average Bonchev–Trinajstić information content (AvgIpc) is 2.96. The standard InChI is InChI=1S/C17H15N5O/c18-17-20-16-13-3-1-2-4-14(13)19-15(22(16)21-17)10-7-11-5-8-12(23)9-6-11/h1-6,8-9,23H,7,10H2,(H2,18,21). The van der Waals surface area contributed by atoms with Gasteiger partial charge in [0.25, 0.3) is 0 Å². The van der Waals surface area contributed by atoms with Gasteiger partial charge in [-0.1, -0.05) is 24.3 Å². The van der Waals surface area contributed by atoms with Gasteiger partial charge in [0, 0.05) is 11.8 Å². The maximum Gasteiger partial charge on any atom is 0.240 e. The van der Waals surface area contributed by atoms with Crippen molar-refractivity contribution >= 4 is 22.5 Å². The summed E-state index contributed by atoms with van der Waals surface area (Å²) in [6, 6.07) is 15.0. The van der Waals surface area contributed by atoms with Crippen molar-refractivity contribution in [2.45, 2.75) is 12.8 Å². The Bertz CT molecular complexity index is 991. The van der Waals surface area contributed by atoms with Crippen LogP contribution in [0.15, 0.2) is 48.5 Å². The Balaban J connectivity index is 1.77. The quantitative estimate of drug-likeness (QED) is 0.606. The summed E-state index contributed by atoms with van der Waals surface area (Å²) in [6.07, 6.45) is 1.50. The van der Waals surface area contributed by atoms with E-state index in [2.05, 4.69) is 10.1 Å². The Hall–Kier alpha value is -3.15. The van der Waals surface area contributed by atoms with E-state index < -0.39 is 0 Å². The van der Waals surface area contributed by atoms with Crippen LogP contribution < -0.4 is 5.73 Å². The molecule has 0 fully saturated rings. The zero-order valence-electron chi connectivity index (χ0n) is 12.3. The van der Waals surface area contributed by atoms with Crippen LogP contribution in [0.2, 0.25) is 0 Å². The number of hydrogen-bond acceptors (Lipinski definition) is 5. The normalized spacial score (nSPS) is 11.3. The molecule has 3 N–H and O–H groups in total. The molecule has 23 heavy (non-hydrogen) atoms. The van der Waals surface area contributed by atoms with E-state index in [1.807, 2.05) is 36.4 Å². The molecule has 0 radical (unpaired) electrons. The molecular weight excluding hydrogens is 290 g/mol. The van der Waals surface area contributed by atoms with Crippen LogP contribution in [0, 0.1) is 0 Å². The van der Waals surface area contributed by atoms with Gasteiger partial charge in [-0.2, -0.15) is 9.50 Å². The summed E-state index contributed by atoms with van der Waals surface area (Å²) in [4.78, 5) is 9.03. The van der Waals surface area contributed by atoms with Gasteiger partial charge in [0.05, 0.1) is 5.52 Å². The summed E-state index contributed by atoms with van der Waals surface area (Å²) in [5.41, 5.74) is 8.51. The number of aromatic nitrogens is 4. The number of benzene rings is 2. The second kappa shape index (κ2) is 5.24. The molecule has 114 valence electrons. The van der Waals surface area contributed by atoms with E-state index in [4.69, 9.17) is 10.7 Å². The highest BCUT2D eigenvalue weighted by atomic mass is 16.3. The molecule has 0 bridgehead atoms. The largest absolute Gasteiger partial charge is 0.508 e. The smallest absolute Gasteiger partial charge is 0.240 e. The van der Waals surface area contributed by atoms with Gasteiger partial charge in [0.15, 0.2) is 5.65 Å². The lowest BCUT2D eigenvalue weighted by Gasteiger charge is -2.06. The fraction of sp³-hybridized carbons (Fsp3) is 0.118. The molecule has 0 saturated carbocycles. The van der Waals surface area contributed by atoms with Gasteiger partial charge in [0.2, 0.25) is 5.95 Å². The molecule has 0 spiro atoms. The number of nitrogens with zero attached hydrogens (tertiary/aromatic N) is 4. The molecule has 4 rings (SSSR count). The highest BCUT2D eigenvalue weighted by Crippen LogP contribution is 2.20. The molecule has 6 nitrogen and oxygen atoms in total. The summed E-state index contributed by atoms with van der Waals surface area (Å²) in [7, 11) is 0. The van der Waals surface area contributed by atoms with E-state index in [1.165, 1.54) is 0 Å². The van der Waals surface area contributed by atoms with Crippen molar-refractivity contribution in [1.29, 1.82) is 0 Å². The molecule has 0 saturated heterocycles. The number of aromatic hydroxyl groups is 1. The third kappa shape index (κ3) is 2.44. The van der Waals surface area contributed by atoms with Crippen molar-refractivity contribution < 1.29 is 5.11 Å². The van der Waals surface area contributed by atoms with Crippen molar-refractivity contribution in [3.05, 3.63) is 59.9 Å². The first-order valence-corrected chi connectivity index (χ1v) is 7.38. The van der Waals surface area contributed by atoms with Crippen LogP contribution in [0.1, 0.15) is 11.4 Å². The summed E-state index contributed by atoms with van der Waals surface area (Å²) >= 11 is 0. The third-order valence-corrected chi connectivity index (χ3v) is 3.84. The second-order valence-corrected chi connectivity index (χ2v) is 5.42. The molecule has 0 amide bonds. The van der Waals surface area contributed by atoms with Crippen LogP contribution >= 0.6 is 0 Å². The van der Waals surface area contributed by atoms with Crippen LogP contribution in [0.4, 0.5) is 5.95 Å². The van der Waals surface area contributed by atoms with Crippen LogP contribution in [0.25, 0.3) is 16.6 Å². The minimum absolute atomic E-state index is 0.244. The highest BCUT2D eigenvalue weighted by Gasteiger charge is 2.12. The first kappa shape index (κ1) is 13.5. The lowest BCUT2D eigenvalue weighted by molar-refractivity contribution is 0.475. The van der Waals surface area contributed by atoms with Crippen molar-refractivity contribution in [1.82, 2.24) is 19.6 Å². The number of nitrogen functional groups attached to an aromatic ring is 1. The molecule has 0 unspecified atom stereocenters. The van der Waals surface area contributed by atoms with Gasteiger partial charge < -0.3 is 10.8 Å². The number of nitrogens with two attached hydrogens (primary N) is 1. The van der Waals surface area contributed by atoms with E-state index in [0.29, 0.717) is 6.42 Å². The van der Waals surface area contributed by atoms with Crippen LogP contribution in [0.5, 0.6) is 5.75 Å². The fourth-order valence-corrected chi connectivity index (χ4v) is 2.71. The fourth-order valence-electron chi connectivity index (χ4n) is 2.71. The number of phenolic OH excluding ortho intramolecular Hbond substituents is 1. The number of rotatable bonds is 3. The van der Waals surface area contributed by atoms with E-state index in [1.54, 1.807) is 16.6 Å². The maximum absolute atomic E-state index is 9.36. The van der Waals surface area contributed by atoms with Gasteiger partial charge in [0.1, 0.15) is 11.6 Å². The van der Waals surface area contributed by atoms with Crippen LogP contribution in [-0.2, 0) is 12.8 Å². The molecule has 4 aromatic rings. The number of anilines is 1. The summed E-state index contributed by atoms with van der Waals surface area (Å²) in [6.45, 7) is 0. The zero-order valence-corrected chi connectivity index (χ0v) is 12.3. The minimum Gasteiger partial charge on any atom is -0.508 e. The van der Waals surface area contributed by atoms with E-state index in [9.17, 15) is 5.11 Å². The van der Waals surface area contributed by atoms with Gasteiger partial charge in [-0.05, 0) is 36.2 Å². The average molecular weight is 305 g/mol. The van der Waals surface area contributed by atoms with Gasteiger partial charge in [-0.15, -0.1) is 5.10 Å². The van der Waals surface area contributed by atoms with Crippen molar-refractivity contribution in [3.8, 4) is 5.75 Å². The molecule has 2 heterocycles. The molecule has 0 aliphatic heterocycles. The maximum atomic E-state index is 9.36. The molecule has 0 aliphatic rings. The summed E-state index contributed by atoms with van der Waals surface area (Å²) < 4.78 is 1.72. The Morgan fingerprint density at radius 1 is 0.957 bits per heavy atom. The molecule has 2 aromatic heterocycles. The number of aryl methyl sites for hydroxylation is 2. The van der Waals surface area contributed by atoms with E-state index in [0.717, 1.165) is 34.4 Å². The molecule has 2 aromatic carbocycles. The van der Waals surface area contributed by atoms with Gasteiger partial charge in [-0.25, -0.2) is 4.98 Å². The Kier molecular flexibility index (Phi) is 3.08. The zero-order chi connectivity index (χ0) is 15.8. The first-order valence-electron chi connectivity index (χ1n) is 7.38. The van der Waals surface area contributed by atoms with Crippen molar-refractivity contribution in [2.24, 2.45) is 0 Å². The number of phenols is 1. The Labute approximate surface area is 132 Å². The number of hydrogen-bond donors (Lipinski definition) is 2. The summed E-state index contributed by atoms with van der Waals surface area (Å²) in [5, 5.41) is 14.6. The van der Waals surface area contributed by atoms with Gasteiger partial charge >= 0.3 is 0 Å². The van der Waals surface area contributed by atoms with Crippen molar-refractivity contribution in [3.63, 3.8) is 0 Å². The lowest BCUT2D eigenvalue weighted by Crippen LogP contribution is -2.05. The number of fused-ring (bicyclic) bond motifs is 3. The third-order valence-electron chi connectivity index (χ3n) is 3.84.